The van der Waals surface area contributed by atoms with E-state index in [1.165, 1.54) is 12.1 Å². The number of benzene rings is 1. The third kappa shape index (κ3) is 5.10. The first-order chi connectivity index (χ1) is 11.0. The van der Waals surface area contributed by atoms with Gasteiger partial charge in [0.05, 0.1) is 11.4 Å². The zero-order valence-electron chi connectivity index (χ0n) is 12.7. The van der Waals surface area contributed by atoms with E-state index >= 15 is 0 Å². The van der Waals surface area contributed by atoms with Gasteiger partial charge in [-0.1, -0.05) is 17.8 Å². The van der Waals surface area contributed by atoms with E-state index in [0.29, 0.717) is 10.8 Å². The number of aromatic nitrogens is 2. The molecule has 6 nitrogen and oxygen atoms in total. The number of nitrogens with zero attached hydrogens (tertiary/aromatic N) is 2. The van der Waals surface area contributed by atoms with Gasteiger partial charge >= 0.3 is 6.03 Å². The summed E-state index contributed by atoms with van der Waals surface area (Å²) >= 11 is 1.16. The number of urea groups is 1. The van der Waals surface area contributed by atoms with Crippen LogP contribution in [0.25, 0.3) is 5.69 Å². The zero-order valence-corrected chi connectivity index (χ0v) is 13.6. The molecule has 1 heterocycles. The monoisotopic (exact) mass is 336 g/mol. The third-order valence-electron chi connectivity index (χ3n) is 2.70. The van der Waals surface area contributed by atoms with Gasteiger partial charge in [0.15, 0.2) is 5.16 Å². The number of hydrogen-bond donors (Lipinski definition) is 2. The second-order valence-electron chi connectivity index (χ2n) is 5.02. The van der Waals surface area contributed by atoms with Crippen LogP contribution >= 0.6 is 11.8 Å². The second kappa shape index (κ2) is 7.77. The summed E-state index contributed by atoms with van der Waals surface area (Å²) < 4.78 is 15.0. The molecule has 2 aromatic rings. The van der Waals surface area contributed by atoms with Crippen LogP contribution in [0.5, 0.6) is 0 Å². The molecule has 3 amide bonds. The third-order valence-corrected chi connectivity index (χ3v) is 3.67. The molecule has 0 saturated carbocycles. The number of hydrogen-bond acceptors (Lipinski definition) is 4. The molecular weight excluding hydrogens is 319 g/mol. The van der Waals surface area contributed by atoms with E-state index < -0.39 is 11.9 Å². The van der Waals surface area contributed by atoms with Crippen molar-refractivity contribution in [3.8, 4) is 5.69 Å². The smallest absolute Gasteiger partial charge is 0.321 e. The van der Waals surface area contributed by atoms with Crippen molar-refractivity contribution in [2.45, 2.75) is 25.0 Å². The topological polar surface area (TPSA) is 76.0 Å². The van der Waals surface area contributed by atoms with E-state index in [2.05, 4.69) is 15.6 Å². The van der Waals surface area contributed by atoms with Gasteiger partial charge in [0.2, 0.25) is 5.91 Å². The molecule has 0 spiro atoms. The van der Waals surface area contributed by atoms with Crippen molar-refractivity contribution in [2.75, 3.05) is 5.75 Å². The molecule has 0 aliphatic carbocycles. The highest BCUT2D eigenvalue weighted by Crippen LogP contribution is 2.20. The Bertz CT molecular complexity index is 702. The maximum Gasteiger partial charge on any atom is 0.321 e. The number of amides is 3. The summed E-state index contributed by atoms with van der Waals surface area (Å²) in [5, 5.41) is 5.34. The van der Waals surface area contributed by atoms with Gasteiger partial charge in [-0.05, 0) is 32.0 Å². The maximum absolute atomic E-state index is 13.3. The number of imidazole rings is 1. The van der Waals surface area contributed by atoms with Crippen LogP contribution in [0.3, 0.4) is 0 Å². The molecule has 0 unspecified atom stereocenters. The molecule has 0 atom stereocenters. The minimum Gasteiger partial charge on any atom is -0.336 e. The van der Waals surface area contributed by atoms with Gasteiger partial charge in [-0.25, -0.2) is 14.2 Å². The highest BCUT2D eigenvalue weighted by Gasteiger charge is 2.12. The fourth-order valence-corrected chi connectivity index (χ4v) is 2.58. The van der Waals surface area contributed by atoms with Crippen LogP contribution < -0.4 is 10.6 Å². The van der Waals surface area contributed by atoms with Gasteiger partial charge < -0.3 is 5.32 Å². The highest BCUT2D eigenvalue weighted by molar-refractivity contribution is 7.99. The predicted molar refractivity (Wildman–Crippen MR) is 86.1 cm³/mol. The number of carbonyl (C=O) groups excluding carboxylic acids is 2. The predicted octanol–water partition coefficient (Wildman–Crippen LogP) is 2.34. The van der Waals surface area contributed by atoms with E-state index in [1.54, 1.807) is 42.9 Å². The number of imide groups is 1. The average molecular weight is 336 g/mol. The number of carbonyl (C=O) groups is 2. The summed E-state index contributed by atoms with van der Waals surface area (Å²) in [5.74, 6) is -0.755. The van der Waals surface area contributed by atoms with Crippen LogP contribution in [0, 0.1) is 5.82 Å². The minimum absolute atomic E-state index is 0.0256. The van der Waals surface area contributed by atoms with E-state index in [0.717, 1.165) is 11.8 Å². The standard InChI is InChI=1S/C15H17FN4O2S/c1-10(2)18-14(22)19-13(21)9-23-15-17-6-7-20(15)12-5-3-4-11(16)8-12/h3-8,10H,9H2,1-2H3,(H2,18,19,21,22). The van der Waals surface area contributed by atoms with Gasteiger partial charge in [0, 0.05) is 18.4 Å². The van der Waals surface area contributed by atoms with Crippen molar-refractivity contribution in [3.05, 3.63) is 42.5 Å². The van der Waals surface area contributed by atoms with Gasteiger partial charge in [-0.15, -0.1) is 0 Å². The van der Waals surface area contributed by atoms with Crippen LogP contribution in [0.15, 0.2) is 41.8 Å². The highest BCUT2D eigenvalue weighted by atomic mass is 32.2. The summed E-state index contributed by atoms with van der Waals surface area (Å²) in [7, 11) is 0. The molecule has 0 aliphatic rings. The molecule has 0 aliphatic heterocycles. The molecular formula is C15H17FN4O2S. The normalized spacial score (nSPS) is 10.6. The van der Waals surface area contributed by atoms with Crippen molar-refractivity contribution in [1.29, 1.82) is 0 Å². The van der Waals surface area contributed by atoms with Crippen molar-refractivity contribution < 1.29 is 14.0 Å². The first-order valence-electron chi connectivity index (χ1n) is 6.98. The summed E-state index contributed by atoms with van der Waals surface area (Å²) in [5.41, 5.74) is 0.614. The fourth-order valence-electron chi connectivity index (χ4n) is 1.81. The van der Waals surface area contributed by atoms with Crippen LogP contribution in [0.4, 0.5) is 9.18 Å². The lowest BCUT2D eigenvalue weighted by Gasteiger charge is -2.09. The Kier molecular flexibility index (Phi) is 5.75. The largest absolute Gasteiger partial charge is 0.336 e. The van der Waals surface area contributed by atoms with Gasteiger partial charge in [-0.3, -0.25) is 14.7 Å². The Morgan fingerprint density at radius 3 is 2.87 bits per heavy atom. The lowest BCUT2D eigenvalue weighted by molar-refractivity contribution is -0.117. The Morgan fingerprint density at radius 2 is 2.17 bits per heavy atom. The van der Waals surface area contributed by atoms with E-state index in [-0.39, 0.29) is 17.6 Å². The van der Waals surface area contributed by atoms with Crippen LogP contribution in [-0.2, 0) is 4.79 Å². The lowest BCUT2D eigenvalue weighted by Crippen LogP contribution is -2.43. The quantitative estimate of drug-likeness (QED) is 0.822. The van der Waals surface area contributed by atoms with Crippen LogP contribution in [0.1, 0.15) is 13.8 Å². The van der Waals surface area contributed by atoms with Crippen molar-refractivity contribution in [1.82, 2.24) is 20.2 Å². The van der Waals surface area contributed by atoms with Gasteiger partial charge in [0.1, 0.15) is 5.82 Å². The summed E-state index contributed by atoms with van der Waals surface area (Å²) in [6.45, 7) is 3.60. The summed E-state index contributed by atoms with van der Waals surface area (Å²) in [6.07, 6.45) is 3.25. The molecule has 1 aromatic carbocycles. The number of rotatable bonds is 5. The number of thioether (sulfide) groups is 1. The van der Waals surface area contributed by atoms with E-state index in [1.807, 2.05) is 0 Å². The van der Waals surface area contributed by atoms with Crippen molar-refractivity contribution in [3.63, 3.8) is 0 Å². The minimum atomic E-state index is -0.529. The van der Waals surface area contributed by atoms with Crippen LogP contribution in [0.2, 0.25) is 0 Å². The molecule has 23 heavy (non-hydrogen) atoms. The molecule has 8 heteroatoms. The zero-order chi connectivity index (χ0) is 16.8. The molecule has 0 fully saturated rings. The van der Waals surface area contributed by atoms with Gasteiger partial charge in [-0.2, -0.15) is 0 Å². The number of nitrogens with one attached hydrogen (secondary N) is 2. The molecule has 0 radical (unpaired) electrons. The maximum atomic E-state index is 13.3. The Labute approximate surface area is 137 Å². The molecule has 122 valence electrons. The Hall–Kier alpha value is -2.35. The first kappa shape index (κ1) is 17.0. The first-order valence-corrected chi connectivity index (χ1v) is 7.96. The summed E-state index contributed by atoms with van der Waals surface area (Å²) in [4.78, 5) is 27.3. The van der Waals surface area contributed by atoms with Crippen molar-refractivity contribution >= 4 is 23.7 Å². The van der Waals surface area contributed by atoms with E-state index in [4.69, 9.17) is 0 Å². The van der Waals surface area contributed by atoms with Crippen LogP contribution in [-0.4, -0.2) is 33.3 Å². The molecule has 0 saturated heterocycles. The average Bonchev–Trinajstić information content (AvgIpc) is 2.92. The molecule has 1 aromatic heterocycles. The molecule has 0 bridgehead atoms. The molecule has 2 N–H and O–H groups in total. The lowest BCUT2D eigenvalue weighted by atomic mass is 10.3. The Balaban J connectivity index is 1.96. The summed E-state index contributed by atoms with van der Waals surface area (Å²) in [6, 6.07) is 5.49. The SMILES string of the molecule is CC(C)NC(=O)NC(=O)CSc1nccn1-c1cccc(F)c1. The Morgan fingerprint density at radius 1 is 1.39 bits per heavy atom. The number of halogens is 1. The second-order valence-corrected chi connectivity index (χ2v) is 5.97. The van der Waals surface area contributed by atoms with Gasteiger partial charge in [0.25, 0.3) is 0 Å². The van der Waals surface area contributed by atoms with E-state index in [9.17, 15) is 14.0 Å². The fraction of sp³-hybridized carbons (Fsp3) is 0.267. The molecule has 2 rings (SSSR count). The van der Waals surface area contributed by atoms with Crippen molar-refractivity contribution in [2.24, 2.45) is 0 Å².